The van der Waals surface area contributed by atoms with E-state index in [1.165, 1.54) is 13.5 Å². The summed E-state index contributed by atoms with van der Waals surface area (Å²) in [6.45, 7) is 0.0785. The Balaban J connectivity index is 2.66. The molecule has 0 spiro atoms. The van der Waals surface area contributed by atoms with Crippen molar-refractivity contribution >= 4 is 5.97 Å². The molecular formula is C10H18O3. The maximum Gasteiger partial charge on any atom is 0.311 e. The van der Waals surface area contributed by atoms with Crippen LogP contribution in [-0.4, -0.2) is 24.8 Å². The first-order valence-corrected chi connectivity index (χ1v) is 4.94. The second kappa shape index (κ2) is 4.61. The maximum atomic E-state index is 11.5. The molecular weight excluding hydrogens is 168 g/mol. The van der Waals surface area contributed by atoms with Crippen LogP contribution in [0.4, 0.5) is 0 Å². The van der Waals surface area contributed by atoms with E-state index in [1.54, 1.807) is 0 Å². The minimum Gasteiger partial charge on any atom is -0.469 e. The smallest absolute Gasteiger partial charge is 0.311 e. The summed E-state index contributed by atoms with van der Waals surface area (Å²) in [6.07, 6.45) is 5.66. The number of carbonyl (C=O) groups excluding carboxylic acids is 1. The molecule has 0 bridgehead atoms. The van der Waals surface area contributed by atoms with Crippen LogP contribution >= 0.6 is 0 Å². The van der Waals surface area contributed by atoms with Crippen molar-refractivity contribution in [1.29, 1.82) is 0 Å². The molecule has 1 aliphatic carbocycles. The Labute approximate surface area is 79.1 Å². The van der Waals surface area contributed by atoms with Gasteiger partial charge in [0.15, 0.2) is 0 Å². The molecule has 0 saturated heterocycles. The fraction of sp³-hybridized carbons (Fsp3) is 0.900. The van der Waals surface area contributed by atoms with Gasteiger partial charge in [-0.1, -0.05) is 19.3 Å². The monoisotopic (exact) mass is 186 g/mol. The lowest BCUT2D eigenvalue weighted by Crippen LogP contribution is -2.35. The minimum absolute atomic E-state index is 0.0785. The molecule has 1 aliphatic rings. The van der Waals surface area contributed by atoms with Gasteiger partial charge in [-0.2, -0.15) is 0 Å². The molecule has 1 saturated carbocycles. The topological polar surface area (TPSA) is 46.5 Å². The van der Waals surface area contributed by atoms with Gasteiger partial charge in [0.2, 0.25) is 0 Å². The van der Waals surface area contributed by atoms with Crippen molar-refractivity contribution in [3.63, 3.8) is 0 Å². The summed E-state index contributed by atoms with van der Waals surface area (Å²) in [5, 5.41) is 8.92. The number of rotatable bonds is 3. The van der Waals surface area contributed by atoms with Crippen molar-refractivity contribution in [3.05, 3.63) is 0 Å². The van der Waals surface area contributed by atoms with Gasteiger partial charge in [-0.25, -0.2) is 0 Å². The molecule has 1 N–H and O–H groups in total. The van der Waals surface area contributed by atoms with E-state index >= 15 is 0 Å². The molecule has 0 atom stereocenters. The molecule has 0 radical (unpaired) electrons. The normalized spacial score (nSPS) is 21.1. The van der Waals surface area contributed by atoms with Crippen molar-refractivity contribution in [3.8, 4) is 0 Å². The van der Waals surface area contributed by atoms with Crippen LogP contribution in [0.1, 0.15) is 38.5 Å². The van der Waals surface area contributed by atoms with Gasteiger partial charge in [-0.15, -0.1) is 0 Å². The quantitative estimate of drug-likeness (QED) is 0.679. The molecule has 1 fully saturated rings. The summed E-state index contributed by atoms with van der Waals surface area (Å²) in [5.41, 5.74) is -0.373. The van der Waals surface area contributed by atoms with E-state index in [0.717, 1.165) is 25.7 Å². The number of hydrogen-bond donors (Lipinski definition) is 1. The van der Waals surface area contributed by atoms with E-state index in [-0.39, 0.29) is 18.0 Å². The highest BCUT2D eigenvalue weighted by atomic mass is 16.5. The van der Waals surface area contributed by atoms with Gasteiger partial charge in [0.05, 0.1) is 12.5 Å². The molecule has 1 rings (SSSR count). The minimum atomic E-state index is -0.373. The number of carbonyl (C=O) groups is 1. The van der Waals surface area contributed by atoms with E-state index in [0.29, 0.717) is 6.42 Å². The lowest BCUT2D eigenvalue weighted by atomic mass is 9.72. The van der Waals surface area contributed by atoms with E-state index in [1.807, 2.05) is 0 Å². The third-order valence-electron chi connectivity index (χ3n) is 3.02. The first-order valence-electron chi connectivity index (χ1n) is 4.94. The van der Waals surface area contributed by atoms with Gasteiger partial charge < -0.3 is 9.84 Å². The second-order valence-corrected chi connectivity index (χ2v) is 3.81. The van der Waals surface area contributed by atoms with Crippen LogP contribution < -0.4 is 0 Å². The van der Waals surface area contributed by atoms with Crippen molar-refractivity contribution < 1.29 is 14.6 Å². The Hall–Kier alpha value is -0.570. The van der Waals surface area contributed by atoms with Gasteiger partial charge in [-0.05, 0) is 19.3 Å². The molecule has 3 nitrogen and oxygen atoms in total. The summed E-state index contributed by atoms with van der Waals surface area (Å²) in [7, 11) is 1.43. The average Bonchev–Trinajstić information content (AvgIpc) is 2.18. The molecule has 0 aliphatic heterocycles. The summed E-state index contributed by atoms with van der Waals surface area (Å²) in [6, 6.07) is 0. The first-order chi connectivity index (χ1) is 6.25. The number of aliphatic hydroxyl groups is 1. The highest BCUT2D eigenvalue weighted by Crippen LogP contribution is 2.40. The molecule has 0 aromatic carbocycles. The van der Waals surface area contributed by atoms with Gasteiger partial charge in [0, 0.05) is 6.61 Å². The highest BCUT2D eigenvalue weighted by Gasteiger charge is 2.39. The Morgan fingerprint density at radius 3 is 2.46 bits per heavy atom. The van der Waals surface area contributed by atoms with Crippen molar-refractivity contribution in [2.45, 2.75) is 38.5 Å². The molecule has 0 heterocycles. The predicted octanol–water partition coefficient (Wildman–Crippen LogP) is 1.49. The Morgan fingerprint density at radius 1 is 1.38 bits per heavy atom. The zero-order valence-corrected chi connectivity index (χ0v) is 8.21. The number of ether oxygens (including phenoxy) is 1. The van der Waals surface area contributed by atoms with Gasteiger partial charge in [0.1, 0.15) is 0 Å². The molecule has 76 valence electrons. The Bertz CT molecular complexity index is 165. The van der Waals surface area contributed by atoms with E-state index in [9.17, 15) is 4.79 Å². The van der Waals surface area contributed by atoms with Crippen LogP contribution in [0.5, 0.6) is 0 Å². The van der Waals surface area contributed by atoms with Crippen LogP contribution in [0.25, 0.3) is 0 Å². The Kier molecular flexibility index (Phi) is 3.72. The molecule has 0 unspecified atom stereocenters. The van der Waals surface area contributed by atoms with Crippen LogP contribution in [0.15, 0.2) is 0 Å². The van der Waals surface area contributed by atoms with Crippen molar-refractivity contribution in [1.82, 2.24) is 0 Å². The fourth-order valence-electron chi connectivity index (χ4n) is 2.22. The van der Waals surface area contributed by atoms with Crippen LogP contribution in [0.2, 0.25) is 0 Å². The average molecular weight is 186 g/mol. The number of hydrogen-bond acceptors (Lipinski definition) is 3. The number of methoxy groups -OCH3 is 1. The number of esters is 1. The van der Waals surface area contributed by atoms with Gasteiger partial charge in [-0.3, -0.25) is 4.79 Å². The molecule has 0 amide bonds. The number of aliphatic hydroxyl groups excluding tert-OH is 1. The summed E-state index contributed by atoms with van der Waals surface area (Å²) < 4.78 is 4.80. The summed E-state index contributed by atoms with van der Waals surface area (Å²) in [5.74, 6) is -0.138. The van der Waals surface area contributed by atoms with Crippen LogP contribution in [0.3, 0.4) is 0 Å². The van der Waals surface area contributed by atoms with E-state index < -0.39 is 0 Å². The third kappa shape index (κ3) is 2.21. The third-order valence-corrected chi connectivity index (χ3v) is 3.02. The fourth-order valence-corrected chi connectivity index (χ4v) is 2.22. The summed E-state index contributed by atoms with van der Waals surface area (Å²) in [4.78, 5) is 11.5. The zero-order valence-electron chi connectivity index (χ0n) is 8.21. The molecule has 13 heavy (non-hydrogen) atoms. The van der Waals surface area contributed by atoms with Crippen LogP contribution in [-0.2, 0) is 9.53 Å². The maximum absolute atomic E-state index is 11.5. The standard InChI is InChI=1S/C10H18O3/c1-13-9(12)10(7-8-11)5-3-2-4-6-10/h11H,2-8H2,1H3. The van der Waals surface area contributed by atoms with Crippen molar-refractivity contribution in [2.24, 2.45) is 5.41 Å². The largest absolute Gasteiger partial charge is 0.469 e. The van der Waals surface area contributed by atoms with Crippen molar-refractivity contribution in [2.75, 3.05) is 13.7 Å². The molecule has 0 aromatic heterocycles. The molecule has 0 aromatic rings. The zero-order chi connectivity index (χ0) is 9.73. The van der Waals surface area contributed by atoms with E-state index in [2.05, 4.69) is 0 Å². The van der Waals surface area contributed by atoms with E-state index in [4.69, 9.17) is 9.84 Å². The predicted molar refractivity (Wildman–Crippen MR) is 49.2 cm³/mol. The second-order valence-electron chi connectivity index (χ2n) is 3.81. The summed E-state index contributed by atoms with van der Waals surface area (Å²) >= 11 is 0. The highest BCUT2D eigenvalue weighted by molar-refractivity contribution is 5.76. The first kappa shape index (κ1) is 10.5. The lowest BCUT2D eigenvalue weighted by molar-refractivity contribution is -0.156. The van der Waals surface area contributed by atoms with Gasteiger partial charge in [0.25, 0.3) is 0 Å². The van der Waals surface area contributed by atoms with Crippen LogP contribution in [0, 0.1) is 5.41 Å². The molecule has 3 heteroatoms. The van der Waals surface area contributed by atoms with Gasteiger partial charge >= 0.3 is 5.97 Å². The lowest BCUT2D eigenvalue weighted by Gasteiger charge is -2.33. The SMILES string of the molecule is COC(=O)C1(CCO)CCCCC1. The Morgan fingerprint density at radius 2 is 2.00 bits per heavy atom.